The molecule has 0 spiro atoms. The molecule has 0 bridgehead atoms. The quantitative estimate of drug-likeness (QED) is 0.842. The maximum atomic E-state index is 12.0. The van der Waals surface area contributed by atoms with E-state index in [0.29, 0.717) is 24.0 Å². The van der Waals surface area contributed by atoms with Gasteiger partial charge in [-0.05, 0) is 50.9 Å². The number of carbonyl (C=O) groups excluding carboxylic acids is 1. The van der Waals surface area contributed by atoms with E-state index in [1.165, 1.54) is 12.8 Å². The zero-order valence-electron chi connectivity index (χ0n) is 12.9. The summed E-state index contributed by atoms with van der Waals surface area (Å²) in [6.07, 6.45) is 2.47. The predicted molar refractivity (Wildman–Crippen MR) is 84.7 cm³/mol. The number of hydrogen-bond acceptors (Lipinski definition) is 3. The summed E-state index contributed by atoms with van der Waals surface area (Å²) in [5, 5.41) is 3.73. The predicted octanol–water partition coefficient (Wildman–Crippen LogP) is 2.70. The normalized spacial score (nSPS) is 15.9. The molecule has 4 nitrogen and oxygen atoms in total. The Bertz CT molecular complexity index is 503. The highest BCUT2D eigenvalue weighted by Crippen LogP contribution is 2.32. The van der Waals surface area contributed by atoms with Gasteiger partial charge in [-0.25, -0.2) is 0 Å². The third-order valence-corrected chi connectivity index (χ3v) is 4.05. The number of methoxy groups -OCH3 is 1. The van der Waals surface area contributed by atoms with Gasteiger partial charge in [0, 0.05) is 23.2 Å². The van der Waals surface area contributed by atoms with Crippen LogP contribution in [0.4, 0.5) is 0 Å². The molecule has 0 aliphatic heterocycles. The van der Waals surface area contributed by atoms with Crippen LogP contribution in [0.3, 0.4) is 0 Å². The first kappa shape index (κ1) is 16.1. The molecule has 1 N–H and O–H groups in total. The van der Waals surface area contributed by atoms with E-state index in [-0.39, 0.29) is 11.9 Å². The molecule has 2 rings (SSSR count). The zero-order chi connectivity index (χ0) is 15.4. The topological polar surface area (TPSA) is 41.6 Å². The van der Waals surface area contributed by atoms with Crippen molar-refractivity contribution in [3.05, 3.63) is 28.8 Å². The van der Waals surface area contributed by atoms with Gasteiger partial charge in [0.1, 0.15) is 5.75 Å². The van der Waals surface area contributed by atoms with E-state index < -0.39 is 0 Å². The molecule has 1 fully saturated rings. The Hall–Kier alpha value is -1.26. The van der Waals surface area contributed by atoms with E-state index >= 15 is 0 Å². The first-order chi connectivity index (χ1) is 9.99. The molecule has 0 aromatic heterocycles. The lowest BCUT2D eigenvalue weighted by molar-refractivity contribution is -0.122. The van der Waals surface area contributed by atoms with Crippen LogP contribution in [0.1, 0.15) is 25.3 Å². The Kier molecular flexibility index (Phi) is 5.48. The molecule has 0 radical (unpaired) electrons. The average molecular weight is 311 g/mol. The second-order valence-electron chi connectivity index (χ2n) is 5.82. The largest absolute Gasteiger partial charge is 0.496 e. The number of carbonyl (C=O) groups is 1. The Morgan fingerprint density at radius 1 is 1.52 bits per heavy atom. The number of nitrogens with one attached hydrogen (secondary N) is 1. The van der Waals surface area contributed by atoms with Crippen molar-refractivity contribution in [3.63, 3.8) is 0 Å². The van der Waals surface area contributed by atoms with Crippen LogP contribution in [0.25, 0.3) is 0 Å². The van der Waals surface area contributed by atoms with Gasteiger partial charge in [0.25, 0.3) is 0 Å². The molecule has 1 aromatic carbocycles. The van der Waals surface area contributed by atoms with Crippen molar-refractivity contribution in [2.75, 3.05) is 20.7 Å². The van der Waals surface area contributed by atoms with Crippen LogP contribution < -0.4 is 10.1 Å². The molecule has 1 aromatic rings. The lowest BCUT2D eigenvalue weighted by atomic mass is 10.2. The second-order valence-corrected chi connectivity index (χ2v) is 6.26. The van der Waals surface area contributed by atoms with Crippen molar-refractivity contribution in [2.24, 2.45) is 5.92 Å². The van der Waals surface area contributed by atoms with E-state index in [4.69, 9.17) is 16.3 Å². The molecule has 1 atom stereocenters. The Morgan fingerprint density at radius 3 is 2.86 bits per heavy atom. The molecular formula is C16H23ClN2O2. The molecule has 5 heteroatoms. The second kappa shape index (κ2) is 7.14. The average Bonchev–Trinajstić information content (AvgIpc) is 3.22. The Balaban J connectivity index is 1.87. The summed E-state index contributed by atoms with van der Waals surface area (Å²) >= 11 is 6.02. The van der Waals surface area contributed by atoms with Crippen molar-refractivity contribution in [1.82, 2.24) is 10.2 Å². The summed E-state index contributed by atoms with van der Waals surface area (Å²) in [4.78, 5) is 14.0. The summed E-state index contributed by atoms with van der Waals surface area (Å²) in [6.45, 7) is 3.07. The number of benzene rings is 1. The molecular weight excluding hydrogens is 288 g/mol. The fourth-order valence-electron chi connectivity index (χ4n) is 2.48. The number of likely N-dealkylation sites (N-methyl/N-ethyl adjacent to an activating group) is 1. The van der Waals surface area contributed by atoms with Gasteiger partial charge < -0.3 is 10.1 Å². The molecule has 0 heterocycles. The number of nitrogens with zero attached hydrogens (tertiary/aromatic N) is 1. The number of hydrogen-bond donors (Lipinski definition) is 1. The summed E-state index contributed by atoms with van der Waals surface area (Å²) in [6, 6.07) is 5.81. The van der Waals surface area contributed by atoms with Crippen LogP contribution in [-0.2, 0) is 11.3 Å². The lowest BCUT2D eigenvalue weighted by Crippen LogP contribution is -2.40. The SMILES string of the molecule is COc1ccc(Cl)cc1CN(C)CC(=O)N[C@H](C)C1CC1. The first-order valence-corrected chi connectivity index (χ1v) is 7.67. The van der Waals surface area contributed by atoms with E-state index in [1.54, 1.807) is 13.2 Å². The van der Waals surface area contributed by atoms with Gasteiger partial charge in [-0.3, -0.25) is 9.69 Å². The van der Waals surface area contributed by atoms with Gasteiger partial charge >= 0.3 is 0 Å². The summed E-state index contributed by atoms with van der Waals surface area (Å²) in [7, 11) is 3.55. The van der Waals surface area contributed by atoms with Crippen LogP contribution in [0.15, 0.2) is 18.2 Å². The minimum absolute atomic E-state index is 0.0675. The third kappa shape index (κ3) is 4.90. The van der Waals surface area contributed by atoms with Crippen LogP contribution in [0.5, 0.6) is 5.75 Å². The zero-order valence-corrected chi connectivity index (χ0v) is 13.6. The Labute approximate surface area is 131 Å². The van der Waals surface area contributed by atoms with E-state index in [1.807, 2.05) is 24.1 Å². The van der Waals surface area contributed by atoms with Gasteiger partial charge in [0.05, 0.1) is 13.7 Å². The van der Waals surface area contributed by atoms with Gasteiger partial charge in [0.15, 0.2) is 0 Å². The van der Waals surface area contributed by atoms with Gasteiger partial charge in [-0.1, -0.05) is 11.6 Å². The minimum atomic E-state index is 0.0675. The maximum absolute atomic E-state index is 12.0. The van der Waals surface area contributed by atoms with Gasteiger partial charge in [-0.15, -0.1) is 0 Å². The Morgan fingerprint density at radius 2 is 2.24 bits per heavy atom. The number of amides is 1. The van der Waals surface area contributed by atoms with Gasteiger partial charge in [0.2, 0.25) is 5.91 Å². The van der Waals surface area contributed by atoms with Crippen molar-refractivity contribution < 1.29 is 9.53 Å². The monoisotopic (exact) mass is 310 g/mol. The standard InChI is InChI=1S/C16H23ClN2O2/c1-11(12-4-5-12)18-16(20)10-19(2)9-13-8-14(17)6-7-15(13)21-3/h6-8,11-12H,4-5,9-10H2,1-3H3,(H,18,20)/t11-/m1/s1. The summed E-state index contributed by atoms with van der Waals surface area (Å²) in [5.41, 5.74) is 0.982. The maximum Gasteiger partial charge on any atom is 0.234 e. The lowest BCUT2D eigenvalue weighted by Gasteiger charge is -2.20. The van der Waals surface area contributed by atoms with Crippen LogP contribution in [0, 0.1) is 5.92 Å². The van der Waals surface area contributed by atoms with Crippen LogP contribution in [0.2, 0.25) is 5.02 Å². The van der Waals surface area contributed by atoms with Crippen molar-refractivity contribution in [3.8, 4) is 5.75 Å². The van der Waals surface area contributed by atoms with Crippen molar-refractivity contribution >= 4 is 17.5 Å². The minimum Gasteiger partial charge on any atom is -0.496 e. The highest BCUT2D eigenvalue weighted by molar-refractivity contribution is 6.30. The van der Waals surface area contributed by atoms with Crippen molar-refractivity contribution in [2.45, 2.75) is 32.4 Å². The molecule has 1 aliphatic carbocycles. The van der Waals surface area contributed by atoms with Crippen molar-refractivity contribution in [1.29, 1.82) is 0 Å². The highest BCUT2D eigenvalue weighted by atomic mass is 35.5. The van der Waals surface area contributed by atoms with E-state index in [2.05, 4.69) is 12.2 Å². The molecule has 116 valence electrons. The molecule has 1 saturated carbocycles. The summed E-state index contributed by atoms with van der Waals surface area (Å²) in [5.74, 6) is 1.53. The molecule has 0 unspecified atom stereocenters. The fraction of sp³-hybridized carbons (Fsp3) is 0.562. The number of ether oxygens (including phenoxy) is 1. The third-order valence-electron chi connectivity index (χ3n) is 3.81. The number of halogens is 1. The smallest absolute Gasteiger partial charge is 0.234 e. The van der Waals surface area contributed by atoms with Crippen LogP contribution >= 0.6 is 11.6 Å². The molecule has 21 heavy (non-hydrogen) atoms. The fourth-order valence-corrected chi connectivity index (χ4v) is 2.67. The van der Waals surface area contributed by atoms with E-state index in [9.17, 15) is 4.79 Å². The molecule has 0 saturated heterocycles. The molecule has 1 amide bonds. The highest BCUT2D eigenvalue weighted by Gasteiger charge is 2.28. The molecule has 1 aliphatic rings. The summed E-state index contributed by atoms with van der Waals surface area (Å²) < 4.78 is 5.32. The number of rotatable bonds is 7. The van der Waals surface area contributed by atoms with E-state index in [0.717, 1.165) is 11.3 Å². The first-order valence-electron chi connectivity index (χ1n) is 7.30. The van der Waals surface area contributed by atoms with Crippen LogP contribution in [-0.4, -0.2) is 37.6 Å². The van der Waals surface area contributed by atoms with Gasteiger partial charge in [-0.2, -0.15) is 0 Å².